The van der Waals surface area contributed by atoms with E-state index < -0.39 is 0 Å². The fourth-order valence-corrected chi connectivity index (χ4v) is 7.43. The Bertz CT molecular complexity index is 1540. The van der Waals surface area contributed by atoms with Crippen molar-refractivity contribution in [2.45, 2.75) is 30.6 Å². The molecule has 0 saturated carbocycles. The Morgan fingerprint density at radius 1 is 0.795 bits per heavy atom. The van der Waals surface area contributed by atoms with E-state index >= 15 is 0 Å². The van der Waals surface area contributed by atoms with Gasteiger partial charge in [-0.2, -0.15) is 0 Å². The van der Waals surface area contributed by atoms with E-state index in [0.717, 1.165) is 67.5 Å². The molecule has 0 N–H and O–H groups in total. The maximum atomic E-state index is 13.7. The Balaban J connectivity index is 1.09. The smallest absolute Gasteiger partial charge is 0.253 e. The molecular weight excluding hydrogens is 480 g/mol. The number of Topliss-reactive ketones (excluding diaryl/α,β-unsaturated/α-hetero) is 1. The molecule has 196 valence electrons. The molecule has 4 aromatic rings. The number of hydrogen-bond donors (Lipinski definition) is 0. The van der Waals surface area contributed by atoms with Gasteiger partial charge >= 0.3 is 0 Å². The number of piperidine rings is 1. The van der Waals surface area contributed by atoms with Crippen LogP contribution in [0.5, 0.6) is 0 Å². The first-order valence-electron chi connectivity index (χ1n) is 14.3. The molecule has 1 amide bonds. The second kappa shape index (κ2) is 9.77. The van der Waals surface area contributed by atoms with Gasteiger partial charge in [0, 0.05) is 48.5 Å². The van der Waals surface area contributed by atoms with Crippen LogP contribution in [-0.4, -0.2) is 54.2 Å². The number of rotatable bonds is 4. The number of hydrogen-bond acceptors (Lipinski definition) is 3. The van der Waals surface area contributed by atoms with Gasteiger partial charge in [0.2, 0.25) is 0 Å². The van der Waals surface area contributed by atoms with Gasteiger partial charge < -0.3 is 9.80 Å². The van der Waals surface area contributed by atoms with E-state index in [2.05, 4.69) is 70.5 Å². The van der Waals surface area contributed by atoms with E-state index in [1.165, 1.54) is 11.1 Å². The number of nitrogens with zero attached hydrogens (tertiary/aromatic N) is 2. The summed E-state index contributed by atoms with van der Waals surface area (Å²) in [7, 11) is 0. The molecule has 1 aliphatic carbocycles. The third-order valence-electron chi connectivity index (χ3n) is 9.56. The van der Waals surface area contributed by atoms with E-state index in [1.54, 1.807) is 0 Å². The fraction of sp³-hybridized carbons (Fsp3) is 0.314. The number of ketones is 1. The van der Waals surface area contributed by atoms with Crippen molar-refractivity contribution in [3.8, 4) is 0 Å². The van der Waals surface area contributed by atoms with Crippen LogP contribution in [0.3, 0.4) is 0 Å². The number of fused-ring (bicyclic) bond motifs is 3. The lowest BCUT2D eigenvalue weighted by Crippen LogP contribution is -2.44. The molecule has 2 aliphatic heterocycles. The molecule has 0 radical (unpaired) electrons. The summed E-state index contributed by atoms with van der Waals surface area (Å²) in [6, 6.07) is 33.2. The molecule has 0 aromatic heterocycles. The normalized spacial score (nSPS) is 22.5. The zero-order chi connectivity index (χ0) is 26.4. The predicted octanol–water partition coefficient (Wildman–Crippen LogP) is 6.32. The maximum Gasteiger partial charge on any atom is 0.253 e. The fourth-order valence-electron chi connectivity index (χ4n) is 7.43. The zero-order valence-corrected chi connectivity index (χ0v) is 22.3. The lowest BCUT2D eigenvalue weighted by Gasteiger charge is -2.41. The number of carbonyl (C=O) groups excluding carboxylic acids is 2. The van der Waals surface area contributed by atoms with Gasteiger partial charge in [-0.05, 0) is 65.9 Å². The van der Waals surface area contributed by atoms with Gasteiger partial charge in [0.25, 0.3) is 5.91 Å². The average Bonchev–Trinajstić information content (AvgIpc) is 3.53. The van der Waals surface area contributed by atoms with Crippen molar-refractivity contribution < 1.29 is 9.59 Å². The largest absolute Gasteiger partial charge is 0.338 e. The average molecular weight is 515 g/mol. The van der Waals surface area contributed by atoms with Crippen LogP contribution in [0.2, 0.25) is 0 Å². The van der Waals surface area contributed by atoms with Gasteiger partial charge in [0.05, 0.1) is 0 Å². The third-order valence-corrected chi connectivity index (χ3v) is 9.56. The Morgan fingerprint density at radius 3 is 2.33 bits per heavy atom. The minimum absolute atomic E-state index is 0.0107. The molecule has 4 heteroatoms. The lowest BCUT2D eigenvalue weighted by atomic mass is 9.73. The monoisotopic (exact) mass is 514 g/mol. The zero-order valence-electron chi connectivity index (χ0n) is 22.3. The quantitative estimate of drug-likeness (QED) is 0.320. The van der Waals surface area contributed by atoms with Gasteiger partial charge in [-0.25, -0.2) is 0 Å². The Labute approximate surface area is 230 Å². The lowest BCUT2D eigenvalue weighted by molar-refractivity contribution is 0.0779. The highest BCUT2D eigenvalue weighted by atomic mass is 16.2. The van der Waals surface area contributed by atoms with Crippen molar-refractivity contribution in [3.63, 3.8) is 0 Å². The summed E-state index contributed by atoms with van der Waals surface area (Å²) in [5, 5.41) is 2.26. The van der Waals surface area contributed by atoms with E-state index in [9.17, 15) is 9.59 Å². The van der Waals surface area contributed by atoms with Crippen LogP contribution < -0.4 is 0 Å². The van der Waals surface area contributed by atoms with Gasteiger partial charge in [-0.3, -0.25) is 9.59 Å². The molecule has 3 aliphatic rings. The van der Waals surface area contributed by atoms with Gasteiger partial charge in [-0.1, -0.05) is 84.9 Å². The van der Waals surface area contributed by atoms with Crippen LogP contribution in [0.25, 0.3) is 10.8 Å². The van der Waals surface area contributed by atoms with E-state index in [1.807, 2.05) is 36.4 Å². The highest BCUT2D eigenvalue weighted by molar-refractivity contribution is 6.02. The molecule has 2 fully saturated rings. The Morgan fingerprint density at radius 2 is 1.51 bits per heavy atom. The summed E-state index contributed by atoms with van der Waals surface area (Å²) < 4.78 is 0. The van der Waals surface area contributed by atoms with Gasteiger partial charge in [0.15, 0.2) is 5.78 Å². The van der Waals surface area contributed by atoms with Crippen LogP contribution in [-0.2, 0) is 5.41 Å². The van der Waals surface area contributed by atoms with Crippen molar-refractivity contribution >= 4 is 22.5 Å². The first-order chi connectivity index (χ1) is 19.1. The number of likely N-dealkylation sites (tertiary alicyclic amines) is 2. The maximum absolute atomic E-state index is 13.7. The summed E-state index contributed by atoms with van der Waals surface area (Å²) in [5.41, 5.74) is 4.31. The molecule has 4 nitrogen and oxygen atoms in total. The number of amides is 1. The van der Waals surface area contributed by atoms with Crippen LogP contribution >= 0.6 is 0 Å². The number of benzene rings is 4. The summed E-state index contributed by atoms with van der Waals surface area (Å²) in [4.78, 5) is 31.1. The van der Waals surface area contributed by atoms with Crippen molar-refractivity contribution in [3.05, 3.63) is 119 Å². The SMILES string of the molecule is O=C1CC2(CCN(CC3CN(C(=O)c4ccc5ccccc5c4)CC3c3ccccc3)CC2)c2ccccc21. The molecule has 0 bridgehead atoms. The standard InChI is InChI=1S/C35H34N2O2/c38-33-21-35(32-13-7-6-12-30(32)33)16-18-36(19-17-35)22-29-23-37(24-31(29)26-9-2-1-3-10-26)34(39)28-15-14-25-8-4-5-11-27(25)20-28/h1-15,20,29,31H,16-19,21-24H2. The Kier molecular flexibility index (Phi) is 6.08. The van der Waals surface area contributed by atoms with E-state index in [4.69, 9.17) is 0 Å². The highest BCUT2D eigenvalue weighted by Gasteiger charge is 2.46. The van der Waals surface area contributed by atoms with Crippen molar-refractivity contribution in [1.82, 2.24) is 9.80 Å². The summed E-state index contributed by atoms with van der Waals surface area (Å²) >= 11 is 0. The second-order valence-electron chi connectivity index (χ2n) is 11.8. The topological polar surface area (TPSA) is 40.6 Å². The minimum Gasteiger partial charge on any atom is -0.338 e. The van der Waals surface area contributed by atoms with Crippen LogP contribution in [0, 0.1) is 5.92 Å². The molecule has 39 heavy (non-hydrogen) atoms. The third kappa shape index (κ3) is 4.37. The van der Waals surface area contributed by atoms with Crippen LogP contribution in [0.15, 0.2) is 97.1 Å². The molecular formula is C35H34N2O2. The van der Waals surface area contributed by atoms with Crippen molar-refractivity contribution in [2.75, 3.05) is 32.7 Å². The first-order valence-corrected chi connectivity index (χ1v) is 14.3. The van der Waals surface area contributed by atoms with Crippen LogP contribution in [0.1, 0.15) is 57.0 Å². The summed E-state index contributed by atoms with van der Waals surface area (Å²) in [5.74, 6) is 1.13. The predicted molar refractivity (Wildman–Crippen MR) is 155 cm³/mol. The molecule has 2 unspecified atom stereocenters. The first kappa shape index (κ1) is 24.3. The molecule has 4 aromatic carbocycles. The number of carbonyl (C=O) groups is 2. The summed E-state index contributed by atoms with van der Waals surface area (Å²) in [6.45, 7) is 4.50. The molecule has 2 saturated heterocycles. The van der Waals surface area contributed by atoms with Crippen LogP contribution in [0.4, 0.5) is 0 Å². The Hall–Kier alpha value is -3.76. The van der Waals surface area contributed by atoms with E-state index in [-0.39, 0.29) is 11.3 Å². The van der Waals surface area contributed by atoms with Crippen molar-refractivity contribution in [1.29, 1.82) is 0 Å². The molecule has 2 atom stereocenters. The van der Waals surface area contributed by atoms with Gasteiger partial charge in [-0.15, -0.1) is 0 Å². The molecule has 7 rings (SSSR count). The molecule has 2 heterocycles. The van der Waals surface area contributed by atoms with Crippen molar-refractivity contribution in [2.24, 2.45) is 5.92 Å². The summed E-state index contributed by atoms with van der Waals surface area (Å²) in [6.07, 6.45) is 2.71. The highest BCUT2D eigenvalue weighted by Crippen LogP contribution is 2.46. The van der Waals surface area contributed by atoms with Gasteiger partial charge in [0.1, 0.15) is 0 Å². The minimum atomic E-state index is 0.0107. The van der Waals surface area contributed by atoms with E-state index in [0.29, 0.717) is 24.0 Å². The molecule has 1 spiro atoms. The second-order valence-corrected chi connectivity index (χ2v) is 11.8.